The molecule has 0 N–H and O–H groups in total. The number of nitrogens with zero attached hydrogens (tertiary/aromatic N) is 2. The highest BCUT2D eigenvalue weighted by Crippen LogP contribution is 2.46. The normalized spacial score (nSPS) is 15.2. The molecule has 1 aliphatic rings. The lowest BCUT2D eigenvalue weighted by atomic mass is 9.93. The van der Waals surface area contributed by atoms with E-state index in [0.717, 1.165) is 52.7 Å². The van der Waals surface area contributed by atoms with E-state index in [0.29, 0.717) is 13.2 Å². The van der Waals surface area contributed by atoms with Crippen LogP contribution in [-0.2, 0) is 11.8 Å². The van der Waals surface area contributed by atoms with Crippen LogP contribution < -0.4 is 0 Å². The molecule has 0 radical (unpaired) electrons. The second kappa shape index (κ2) is 10.4. The van der Waals surface area contributed by atoms with Gasteiger partial charge in [-0.15, -0.1) is 0 Å². The molecule has 1 unspecified atom stereocenters. The van der Waals surface area contributed by atoms with Crippen molar-refractivity contribution in [3.05, 3.63) is 94.0 Å². The number of carbonyl (C=O) groups is 1. The van der Waals surface area contributed by atoms with E-state index in [9.17, 15) is 4.79 Å². The number of halogens is 1. The van der Waals surface area contributed by atoms with Gasteiger partial charge < -0.3 is 14.2 Å². The summed E-state index contributed by atoms with van der Waals surface area (Å²) in [7, 11) is 2.12. The number of benzene rings is 3. The highest BCUT2D eigenvalue weighted by molar-refractivity contribution is 9.10. The van der Waals surface area contributed by atoms with E-state index >= 15 is 0 Å². The van der Waals surface area contributed by atoms with Gasteiger partial charge in [-0.05, 0) is 48.2 Å². The number of hydrogen-bond donors (Lipinski definition) is 0. The van der Waals surface area contributed by atoms with Crippen molar-refractivity contribution in [2.75, 3.05) is 19.8 Å². The first-order chi connectivity index (χ1) is 17.1. The van der Waals surface area contributed by atoms with E-state index in [1.165, 1.54) is 16.5 Å². The van der Waals surface area contributed by atoms with Crippen LogP contribution in [0.25, 0.3) is 22.2 Å². The Hall–Kier alpha value is -2.89. The maximum absolute atomic E-state index is 13.7. The van der Waals surface area contributed by atoms with Gasteiger partial charge in [-0.3, -0.25) is 4.79 Å². The summed E-state index contributed by atoms with van der Waals surface area (Å²) in [6.07, 6.45) is 3.02. The quantitative estimate of drug-likeness (QED) is 0.212. The lowest BCUT2D eigenvalue weighted by Gasteiger charge is -2.27. The number of rotatable bonds is 9. The fraction of sp³-hybridized carbons (Fsp3) is 0.300. The van der Waals surface area contributed by atoms with Gasteiger partial charge in [0, 0.05) is 53.3 Å². The molecule has 1 atom stereocenters. The van der Waals surface area contributed by atoms with E-state index in [4.69, 9.17) is 4.74 Å². The first kappa shape index (κ1) is 23.8. The lowest BCUT2D eigenvalue weighted by molar-refractivity contribution is 0.0709. The Bertz CT molecular complexity index is 1340. The molecule has 35 heavy (non-hydrogen) atoms. The Morgan fingerprint density at radius 3 is 2.43 bits per heavy atom. The van der Waals surface area contributed by atoms with Crippen LogP contribution in [0.5, 0.6) is 0 Å². The standard InChI is InChI=1S/C30H31BrN2O2/c1-3-4-19-35-20-9-18-33-29(23-10-5-6-11-24(23)30(33)34)27-25-12-7-8-13-26(25)32(2)28(27)21-14-16-22(31)17-15-21/h5-8,10-17,29H,3-4,9,18-20H2,1-2H3. The number of para-hydroxylation sites is 1. The molecule has 0 saturated carbocycles. The predicted molar refractivity (Wildman–Crippen MR) is 146 cm³/mol. The highest BCUT2D eigenvalue weighted by Gasteiger charge is 2.40. The van der Waals surface area contributed by atoms with Crippen LogP contribution in [0.1, 0.15) is 53.7 Å². The van der Waals surface area contributed by atoms with Gasteiger partial charge in [-0.25, -0.2) is 0 Å². The number of fused-ring (bicyclic) bond motifs is 2. The van der Waals surface area contributed by atoms with Crippen LogP contribution in [0.4, 0.5) is 0 Å². The molecular formula is C30H31BrN2O2. The Labute approximate surface area is 215 Å². The summed E-state index contributed by atoms with van der Waals surface area (Å²) in [6.45, 7) is 4.28. The number of aromatic nitrogens is 1. The van der Waals surface area contributed by atoms with Crippen molar-refractivity contribution in [2.24, 2.45) is 7.05 Å². The topological polar surface area (TPSA) is 34.5 Å². The number of carbonyl (C=O) groups excluding carboxylic acids is 1. The predicted octanol–water partition coefficient (Wildman–Crippen LogP) is 7.36. The van der Waals surface area contributed by atoms with Crippen LogP contribution in [0.15, 0.2) is 77.3 Å². The lowest BCUT2D eigenvalue weighted by Crippen LogP contribution is -2.30. The molecule has 4 aromatic rings. The third kappa shape index (κ3) is 4.43. The minimum Gasteiger partial charge on any atom is -0.381 e. The van der Waals surface area contributed by atoms with Crippen molar-refractivity contribution in [2.45, 2.75) is 32.2 Å². The van der Waals surface area contributed by atoms with Gasteiger partial charge in [0.2, 0.25) is 0 Å². The van der Waals surface area contributed by atoms with Crippen molar-refractivity contribution in [3.63, 3.8) is 0 Å². The van der Waals surface area contributed by atoms with Gasteiger partial charge in [0.25, 0.3) is 5.91 Å². The van der Waals surface area contributed by atoms with Gasteiger partial charge in [-0.2, -0.15) is 0 Å². The molecule has 0 saturated heterocycles. The van der Waals surface area contributed by atoms with E-state index in [-0.39, 0.29) is 11.9 Å². The minimum atomic E-state index is -0.140. The molecule has 5 rings (SSSR count). The largest absolute Gasteiger partial charge is 0.381 e. The molecule has 5 heteroatoms. The van der Waals surface area contributed by atoms with Crippen LogP contribution in [0.3, 0.4) is 0 Å². The van der Waals surface area contributed by atoms with Crippen molar-refractivity contribution in [1.82, 2.24) is 9.47 Å². The van der Waals surface area contributed by atoms with Gasteiger partial charge in [-0.1, -0.05) is 77.8 Å². The molecule has 180 valence electrons. The number of amides is 1. The van der Waals surface area contributed by atoms with Gasteiger partial charge in [0.05, 0.1) is 11.7 Å². The molecule has 4 nitrogen and oxygen atoms in total. The zero-order valence-corrected chi connectivity index (χ0v) is 21.9. The van der Waals surface area contributed by atoms with Crippen molar-refractivity contribution in [1.29, 1.82) is 0 Å². The Morgan fingerprint density at radius 1 is 0.914 bits per heavy atom. The number of unbranched alkanes of at least 4 members (excludes halogenated alkanes) is 1. The minimum absolute atomic E-state index is 0.105. The van der Waals surface area contributed by atoms with Crippen molar-refractivity contribution < 1.29 is 9.53 Å². The molecule has 1 aromatic heterocycles. The SMILES string of the molecule is CCCCOCCCN1C(=O)c2ccccc2C1c1c(-c2ccc(Br)cc2)n(C)c2ccccc12. The van der Waals surface area contributed by atoms with E-state index < -0.39 is 0 Å². The molecule has 0 aliphatic carbocycles. The second-order valence-corrected chi connectivity index (χ2v) is 10.1. The molecule has 0 bridgehead atoms. The third-order valence-electron chi connectivity index (χ3n) is 6.93. The summed E-state index contributed by atoms with van der Waals surface area (Å²) in [5.41, 5.74) is 6.54. The van der Waals surface area contributed by atoms with Gasteiger partial charge in [0.1, 0.15) is 0 Å². The number of ether oxygens (including phenoxy) is 1. The van der Waals surface area contributed by atoms with Crippen LogP contribution in [-0.4, -0.2) is 35.1 Å². The van der Waals surface area contributed by atoms with Crippen LogP contribution in [0.2, 0.25) is 0 Å². The third-order valence-corrected chi connectivity index (χ3v) is 7.45. The second-order valence-electron chi connectivity index (χ2n) is 9.15. The highest BCUT2D eigenvalue weighted by atomic mass is 79.9. The molecular weight excluding hydrogens is 500 g/mol. The maximum Gasteiger partial charge on any atom is 0.255 e. The first-order valence-corrected chi connectivity index (χ1v) is 13.2. The smallest absolute Gasteiger partial charge is 0.255 e. The zero-order valence-electron chi connectivity index (χ0n) is 20.3. The number of hydrogen-bond acceptors (Lipinski definition) is 2. The summed E-state index contributed by atoms with van der Waals surface area (Å²) < 4.78 is 9.14. The fourth-order valence-corrected chi connectivity index (χ4v) is 5.52. The van der Waals surface area contributed by atoms with Crippen molar-refractivity contribution >= 4 is 32.7 Å². The summed E-state index contributed by atoms with van der Waals surface area (Å²) >= 11 is 3.57. The zero-order chi connectivity index (χ0) is 24.4. The first-order valence-electron chi connectivity index (χ1n) is 12.4. The summed E-state index contributed by atoms with van der Waals surface area (Å²) in [5, 5.41) is 1.19. The van der Waals surface area contributed by atoms with Gasteiger partial charge in [0.15, 0.2) is 0 Å². The Balaban J connectivity index is 1.62. The fourth-order valence-electron chi connectivity index (χ4n) is 5.25. The summed E-state index contributed by atoms with van der Waals surface area (Å²) in [6, 6.07) is 24.9. The Morgan fingerprint density at radius 2 is 1.63 bits per heavy atom. The molecule has 1 aliphatic heterocycles. The van der Waals surface area contributed by atoms with Crippen LogP contribution in [0, 0.1) is 0 Å². The summed E-state index contributed by atoms with van der Waals surface area (Å²) in [5.74, 6) is 0.105. The van der Waals surface area contributed by atoms with Crippen molar-refractivity contribution in [3.8, 4) is 11.3 Å². The number of aryl methyl sites for hydroxylation is 1. The Kier molecular flexibility index (Phi) is 7.07. The molecule has 1 amide bonds. The average molecular weight is 531 g/mol. The molecule has 2 heterocycles. The molecule has 0 spiro atoms. The van der Waals surface area contributed by atoms with E-state index in [1.807, 2.05) is 18.2 Å². The molecule has 0 fully saturated rings. The monoisotopic (exact) mass is 530 g/mol. The van der Waals surface area contributed by atoms with E-state index in [2.05, 4.69) is 94.0 Å². The maximum atomic E-state index is 13.7. The molecule has 3 aromatic carbocycles. The van der Waals surface area contributed by atoms with Crippen LogP contribution >= 0.6 is 15.9 Å². The van der Waals surface area contributed by atoms with Gasteiger partial charge >= 0.3 is 0 Å². The summed E-state index contributed by atoms with van der Waals surface area (Å²) in [4.78, 5) is 15.7. The van der Waals surface area contributed by atoms with E-state index in [1.54, 1.807) is 0 Å². The average Bonchev–Trinajstić information content (AvgIpc) is 3.33.